The second-order valence-electron chi connectivity index (χ2n) is 3.62. The Morgan fingerprint density at radius 2 is 2.19 bits per heavy atom. The standard InChI is InChI=1S/C12H11N3O/c1-3-9(7-13-5-1)11-8-15-12-10(16-11)4-2-6-14-12/h1-7,11H,8H2,(H,14,15). The fourth-order valence-corrected chi connectivity index (χ4v) is 1.76. The minimum Gasteiger partial charge on any atom is -0.480 e. The lowest BCUT2D eigenvalue weighted by atomic mass is 10.1. The predicted octanol–water partition coefficient (Wildman–Crippen LogP) is 2.02. The molecule has 3 heterocycles. The topological polar surface area (TPSA) is 47.0 Å². The molecular formula is C12H11N3O. The fourth-order valence-electron chi connectivity index (χ4n) is 1.76. The van der Waals surface area contributed by atoms with Crippen LogP contribution >= 0.6 is 0 Å². The zero-order chi connectivity index (χ0) is 10.8. The van der Waals surface area contributed by atoms with Gasteiger partial charge in [-0.05, 0) is 18.2 Å². The van der Waals surface area contributed by atoms with Gasteiger partial charge in [0, 0.05) is 24.2 Å². The number of anilines is 1. The molecule has 0 saturated heterocycles. The van der Waals surface area contributed by atoms with Crippen molar-refractivity contribution in [1.29, 1.82) is 0 Å². The molecule has 4 heteroatoms. The monoisotopic (exact) mass is 213 g/mol. The molecule has 80 valence electrons. The van der Waals surface area contributed by atoms with E-state index in [0.717, 1.165) is 23.7 Å². The van der Waals surface area contributed by atoms with E-state index in [2.05, 4.69) is 15.3 Å². The molecule has 2 aromatic rings. The highest BCUT2D eigenvalue weighted by atomic mass is 16.5. The van der Waals surface area contributed by atoms with Crippen molar-refractivity contribution in [3.05, 3.63) is 48.4 Å². The summed E-state index contributed by atoms with van der Waals surface area (Å²) in [5, 5.41) is 3.25. The number of ether oxygens (including phenoxy) is 1. The molecule has 1 atom stereocenters. The largest absolute Gasteiger partial charge is 0.480 e. The molecule has 3 rings (SSSR count). The van der Waals surface area contributed by atoms with E-state index in [9.17, 15) is 0 Å². The highest BCUT2D eigenvalue weighted by Gasteiger charge is 2.21. The van der Waals surface area contributed by atoms with Gasteiger partial charge in [0.2, 0.25) is 0 Å². The van der Waals surface area contributed by atoms with Crippen LogP contribution in [0.25, 0.3) is 0 Å². The second-order valence-corrected chi connectivity index (χ2v) is 3.62. The van der Waals surface area contributed by atoms with Crippen LogP contribution in [0.5, 0.6) is 5.75 Å². The van der Waals surface area contributed by atoms with Gasteiger partial charge in [0.05, 0.1) is 6.54 Å². The summed E-state index contributed by atoms with van der Waals surface area (Å²) in [6.45, 7) is 0.718. The smallest absolute Gasteiger partial charge is 0.168 e. The second kappa shape index (κ2) is 3.81. The highest BCUT2D eigenvalue weighted by Crippen LogP contribution is 2.31. The van der Waals surface area contributed by atoms with E-state index in [0.29, 0.717) is 0 Å². The summed E-state index contributed by atoms with van der Waals surface area (Å²) in [6, 6.07) is 7.71. The van der Waals surface area contributed by atoms with E-state index in [1.165, 1.54) is 0 Å². The van der Waals surface area contributed by atoms with Crippen LogP contribution in [0.3, 0.4) is 0 Å². The minimum atomic E-state index is 0.00500. The number of hydrogen-bond acceptors (Lipinski definition) is 4. The molecule has 0 bridgehead atoms. The van der Waals surface area contributed by atoms with Crippen LogP contribution in [0.4, 0.5) is 5.82 Å². The third-order valence-electron chi connectivity index (χ3n) is 2.55. The lowest BCUT2D eigenvalue weighted by Crippen LogP contribution is -2.24. The lowest BCUT2D eigenvalue weighted by molar-refractivity contribution is 0.209. The predicted molar refractivity (Wildman–Crippen MR) is 60.3 cm³/mol. The lowest BCUT2D eigenvalue weighted by Gasteiger charge is -2.26. The molecule has 0 fully saturated rings. The van der Waals surface area contributed by atoms with Crippen molar-refractivity contribution >= 4 is 5.82 Å². The van der Waals surface area contributed by atoms with Crippen LogP contribution in [0.15, 0.2) is 42.9 Å². The number of rotatable bonds is 1. The first kappa shape index (κ1) is 9.15. The molecule has 1 aliphatic rings. The molecule has 1 N–H and O–H groups in total. The van der Waals surface area contributed by atoms with E-state index >= 15 is 0 Å². The van der Waals surface area contributed by atoms with Crippen LogP contribution in [0.1, 0.15) is 11.7 Å². The van der Waals surface area contributed by atoms with Gasteiger partial charge in [-0.3, -0.25) is 4.98 Å². The van der Waals surface area contributed by atoms with Crippen LogP contribution in [0, 0.1) is 0 Å². The third kappa shape index (κ3) is 1.58. The third-order valence-corrected chi connectivity index (χ3v) is 2.55. The first-order chi connectivity index (χ1) is 7.93. The van der Waals surface area contributed by atoms with Gasteiger partial charge in [-0.2, -0.15) is 0 Å². The number of aromatic nitrogens is 2. The Hall–Kier alpha value is -2.10. The summed E-state index contributed by atoms with van der Waals surface area (Å²) >= 11 is 0. The maximum atomic E-state index is 5.85. The van der Waals surface area contributed by atoms with Gasteiger partial charge in [-0.25, -0.2) is 4.98 Å². The molecule has 0 radical (unpaired) electrons. The number of nitrogens with zero attached hydrogens (tertiary/aromatic N) is 2. The van der Waals surface area contributed by atoms with Crippen LogP contribution in [-0.2, 0) is 0 Å². The normalized spacial score (nSPS) is 18.1. The van der Waals surface area contributed by atoms with Crippen LogP contribution in [-0.4, -0.2) is 16.5 Å². The van der Waals surface area contributed by atoms with Crippen LogP contribution < -0.4 is 10.1 Å². The van der Waals surface area contributed by atoms with Crippen LogP contribution in [0.2, 0.25) is 0 Å². The van der Waals surface area contributed by atoms with Gasteiger partial charge in [0.25, 0.3) is 0 Å². The van der Waals surface area contributed by atoms with Crippen molar-refractivity contribution in [3.63, 3.8) is 0 Å². The Bertz CT molecular complexity index is 487. The molecule has 1 unspecified atom stereocenters. The summed E-state index contributed by atoms with van der Waals surface area (Å²) in [5.74, 6) is 1.60. The Morgan fingerprint density at radius 3 is 3.06 bits per heavy atom. The van der Waals surface area contributed by atoms with E-state index in [1.54, 1.807) is 12.4 Å². The summed E-state index contributed by atoms with van der Waals surface area (Å²) in [7, 11) is 0. The quantitative estimate of drug-likeness (QED) is 0.787. The van der Waals surface area contributed by atoms with Crippen molar-refractivity contribution < 1.29 is 4.74 Å². The first-order valence-electron chi connectivity index (χ1n) is 5.19. The van der Waals surface area contributed by atoms with E-state index in [4.69, 9.17) is 4.74 Å². The van der Waals surface area contributed by atoms with Gasteiger partial charge in [-0.15, -0.1) is 0 Å². The van der Waals surface area contributed by atoms with Gasteiger partial charge in [0.1, 0.15) is 6.10 Å². The molecule has 1 aliphatic heterocycles. The van der Waals surface area contributed by atoms with Crippen molar-refractivity contribution in [2.75, 3.05) is 11.9 Å². The van der Waals surface area contributed by atoms with E-state index in [1.807, 2.05) is 30.5 Å². The molecular weight excluding hydrogens is 202 g/mol. The molecule has 2 aromatic heterocycles. The SMILES string of the molecule is c1cncc(C2CNc3ncccc3O2)c1. The van der Waals surface area contributed by atoms with Gasteiger partial charge < -0.3 is 10.1 Å². The van der Waals surface area contributed by atoms with Crippen molar-refractivity contribution in [2.24, 2.45) is 0 Å². The highest BCUT2D eigenvalue weighted by molar-refractivity contribution is 5.51. The molecule has 0 aliphatic carbocycles. The van der Waals surface area contributed by atoms with Gasteiger partial charge in [0.15, 0.2) is 11.6 Å². The Kier molecular flexibility index (Phi) is 2.18. The summed E-state index contributed by atoms with van der Waals surface area (Å²) in [5.41, 5.74) is 1.07. The summed E-state index contributed by atoms with van der Waals surface area (Å²) in [4.78, 5) is 8.29. The summed E-state index contributed by atoms with van der Waals surface area (Å²) in [6.07, 6.45) is 5.34. The van der Waals surface area contributed by atoms with Gasteiger partial charge >= 0.3 is 0 Å². The fraction of sp³-hybridized carbons (Fsp3) is 0.167. The maximum absolute atomic E-state index is 5.85. The van der Waals surface area contributed by atoms with Crippen molar-refractivity contribution in [3.8, 4) is 5.75 Å². The Labute approximate surface area is 93.3 Å². The number of hydrogen-bond donors (Lipinski definition) is 1. The Morgan fingerprint density at radius 1 is 1.25 bits per heavy atom. The first-order valence-corrected chi connectivity index (χ1v) is 5.19. The number of fused-ring (bicyclic) bond motifs is 1. The molecule has 4 nitrogen and oxygen atoms in total. The maximum Gasteiger partial charge on any atom is 0.168 e. The molecule has 0 aromatic carbocycles. The van der Waals surface area contributed by atoms with E-state index < -0.39 is 0 Å². The Balaban J connectivity index is 1.89. The molecule has 0 amide bonds. The van der Waals surface area contributed by atoms with Crippen molar-refractivity contribution in [1.82, 2.24) is 9.97 Å². The minimum absolute atomic E-state index is 0.00500. The number of nitrogens with one attached hydrogen (secondary N) is 1. The van der Waals surface area contributed by atoms with E-state index in [-0.39, 0.29) is 6.10 Å². The number of pyridine rings is 2. The zero-order valence-corrected chi connectivity index (χ0v) is 8.63. The van der Waals surface area contributed by atoms with Crippen molar-refractivity contribution in [2.45, 2.75) is 6.10 Å². The summed E-state index contributed by atoms with van der Waals surface area (Å²) < 4.78 is 5.85. The molecule has 16 heavy (non-hydrogen) atoms. The average Bonchev–Trinajstić information content (AvgIpc) is 2.39. The molecule has 0 spiro atoms. The zero-order valence-electron chi connectivity index (χ0n) is 8.63. The average molecular weight is 213 g/mol. The molecule has 0 saturated carbocycles. The van der Waals surface area contributed by atoms with Gasteiger partial charge in [-0.1, -0.05) is 6.07 Å².